The van der Waals surface area contributed by atoms with E-state index in [4.69, 9.17) is 36.3 Å². The number of amides is 1. The van der Waals surface area contributed by atoms with Crippen LogP contribution in [0, 0.1) is 5.41 Å². The van der Waals surface area contributed by atoms with E-state index < -0.39 is 36.2 Å². The summed E-state index contributed by atoms with van der Waals surface area (Å²) in [5, 5.41) is 45.1. The van der Waals surface area contributed by atoms with Crippen LogP contribution in [-0.4, -0.2) is 81.6 Å². The number of aliphatic hydroxyl groups is 2. The molecule has 0 spiro atoms. The molecule has 0 aromatic carbocycles. The first kappa shape index (κ1) is 36.2. The van der Waals surface area contributed by atoms with Gasteiger partial charge in [-0.05, 0) is 26.2 Å². The molecule has 1 amide bonds. The molecule has 9 N–H and O–H groups in total. The number of carboxylic acid groups (broad SMARTS) is 2. The van der Waals surface area contributed by atoms with Crippen molar-refractivity contribution in [3.63, 3.8) is 0 Å². The first-order valence-electron chi connectivity index (χ1n) is 12.8. The fourth-order valence-corrected chi connectivity index (χ4v) is 3.15. The number of carbonyl (C=O) groups excluding carboxylic acids is 2. The molecular weight excluding hydrogens is 488 g/mol. The molecule has 0 saturated carbocycles. The maximum Gasteiger partial charge on any atom is 0.335 e. The van der Waals surface area contributed by atoms with E-state index in [1.807, 2.05) is 0 Å². The monoisotopic (exact) mass is 534 g/mol. The first-order chi connectivity index (χ1) is 17.5. The van der Waals surface area contributed by atoms with Crippen molar-refractivity contribution in [3.05, 3.63) is 0 Å². The lowest BCUT2D eigenvalue weighted by Crippen LogP contribution is -2.42. The molecule has 0 heterocycles. The number of esters is 1. The highest BCUT2D eigenvalue weighted by atomic mass is 16.5. The lowest BCUT2D eigenvalue weighted by atomic mass is 10.1. The van der Waals surface area contributed by atoms with Crippen LogP contribution in [0.5, 0.6) is 0 Å². The average Bonchev–Trinajstić information content (AvgIpc) is 2.84. The second-order valence-electron chi connectivity index (χ2n) is 8.50. The van der Waals surface area contributed by atoms with E-state index in [0.29, 0.717) is 25.8 Å². The van der Waals surface area contributed by atoms with Crippen LogP contribution in [0.4, 0.5) is 0 Å². The fourth-order valence-electron chi connectivity index (χ4n) is 3.15. The van der Waals surface area contributed by atoms with Gasteiger partial charge in [-0.3, -0.25) is 10.2 Å². The van der Waals surface area contributed by atoms with Crippen LogP contribution in [0.25, 0.3) is 0 Å². The van der Waals surface area contributed by atoms with Gasteiger partial charge in [-0.25, -0.2) is 14.4 Å². The van der Waals surface area contributed by atoms with Crippen molar-refractivity contribution in [3.8, 4) is 0 Å². The molecule has 37 heavy (non-hydrogen) atoms. The zero-order chi connectivity index (χ0) is 28.6. The molecule has 0 saturated heterocycles. The highest BCUT2D eigenvalue weighted by Crippen LogP contribution is 2.11. The van der Waals surface area contributed by atoms with Crippen LogP contribution in [0.2, 0.25) is 0 Å². The number of guanidine groups is 1. The number of rotatable bonds is 20. The molecule has 0 aliphatic heterocycles. The Morgan fingerprint density at radius 1 is 0.838 bits per heavy atom. The van der Waals surface area contributed by atoms with Gasteiger partial charge in [0.15, 0.2) is 18.2 Å². The number of unbranched alkanes of at least 4 members (excludes halogenated alkanes) is 8. The van der Waals surface area contributed by atoms with Gasteiger partial charge in [0.2, 0.25) is 5.91 Å². The van der Waals surface area contributed by atoms with Gasteiger partial charge in [0.05, 0.1) is 6.61 Å². The van der Waals surface area contributed by atoms with Crippen LogP contribution in [-0.2, 0) is 23.9 Å². The van der Waals surface area contributed by atoms with Crippen molar-refractivity contribution in [2.45, 2.75) is 109 Å². The number of hydrogen-bond donors (Lipinski definition) is 8. The molecule has 0 bridgehead atoms. The van der Waals surface area contributed by atoms with Gasteiger partial charge in [-0.15, -0.1) is 0 Å². The van der Waals surface area contributed by atoms with Crippen molar-refractivity contribution >= 4 is 29.8 Å². The predicted molar refractivity (Wildman–Crippen MR) is 137 cm³/mol. The Morgan fingerprint density at radius 3 is 1.76 bits per heavy atom. The lowest BCUT2D eigenvalue weighted by Gasteiger charge is -2.17. The van der Waals surface area contributed by atoms with E-state index in [0.717, 1.165) is 19.3 Å². The molecule has 13 heteroatoms. The summed E-state index contributed by atoms with van der Waals surface area (Å²) in [6.07, 6.45) is 7.81. The van der Waals surface area contributed by atoms with Gasteiger partial charge < -0.3 is 41.5 Å². The minimum absolute atomic E-state index is 0.0999. The Morgan fingerprint density at radius 2 is 1.32 bits per heavy atom. The van der Waals surface area contributed by atoms with Crippen LogP contribution in [0.15, 0.2) is 0 Å². The predicted octanol–water partition coefficient (Wildman–Crippen LogP) is 1.10. The summed E-state index contributed by atoms with van der Waals surface area (Å²) in [6, 6.07) is -0.634. The molecule has 0 aliphatic carbocycles. The van der Waals surface area contributed by atoms with Gasteiger partial charge in [0.25, 0.3) is 0 Å². The van der Waals surface area contributed by atoms with Gasteiger partial charge in [-0.1, -0.05) is 58.3 Å². The molecule has 0 rings (SSSR count). The molecule has 3 atom stereocenters. The number of aliphatic hydroxyl groups excluding tert-OH is 2. The second-order valence-corrected chi connectivity index (χ2v) is 8.50. The maximum absolute atomic E-state index is 12.1. The second kappa shape index (κ2) is 23.5. The third-order valence-electron chi connectivity index (χ3n) is 5.20. The standard InChI is InChI=1S/C20H40N4O3.C4H6O6/c1-3-5-6-7-8-9-10-11-12-15-18(25)24-17(19(26)27-4-2)14-13-16-23-20(21)22;5-1(3(7)8)2(6)4(9)10/h17H,3-16H2,1-2H3,(H,24,25)(H4,21,22,23);1-2,5-6H,(H,7,8)(H,9,10). The number of carboxylic acids is 2. The highest BCUT2D eigenvalue weighted by molar-refractivity contribution is 5.84. The zero-order valence-corrected chi connectivity index (χ0v) is 22.0. The zero-order valence-electron chi connectivity index (χ0n) is 22.0. The third-order valence-corrected chi connectivity index (χ3v) is 5.20. The van der Waals surface area contributed by atoms with E-state index in [1.165, 1.54) is 38.5 Å². The van der Waals surface area contributed by atoms with Crippen molar-refractivity contribution in [1.82, 2.24) is 10.6 Å². The van der Waals surface area contributed by atoms with Gasteiger partial charge >= 0.3 is 17.9 Å². The quantitative estimate of drug-likeness (QED) is 0.0476. The molecule has 0 aliphatic rings. The van der Waals surface area contributed by atoms with E-state index in [2.05, 4.69) is 17.6 Å². The Balaban J connectivity index is 0. The summed E-state index contributed by atoms with van der Waals surface area (Å²) in [5.41, 5.74) is 5.23. The topological polar surface area (TPSA) is 232 Å². The van der Waals surface area contributed by atoms with Crippen LogP contribution >= 0.6 is 0 Å². The lowest BCUT2D eigenvalue weighted by molar-refractivity contribution is -0.165. The van der Waals surface area contributed by atoms with Crippen molar-refractivity contribution in [1.29, 1.82) is 5.41 Å². The number of aliphatic carboxylic acids is 2. The van der Waals surface area contributed by atoms with Crippen molar-refractivity contribution < 1.29 is 44.3 Å². The Labute approximate surface area is 218 Å². The van der Waals surface area contributed by atoms with Crippen LogP contribution in [0.3, 0.4) is 0 Å². The van der Waals surface area contributed by atoms with Gasteiger partial charge in [-0.2, -0.15) is 0 Å². The number of ether oxygens (including phenoxy) is 1. The summed E-state index contributed by atoms with van der Waals surface area (Å²) in [4.78, 5) is 43.7. The van der Waals surface area contributed by atoms with Gasteiger partial charge in [0.1, 0.15) is 6.04 Å². The number of hydrogen-bond acceptors (Lipinski definition) is 8. The minimum Gasteiger partial charge on any atom is -0.479 e. The minimum atomic E-state index is -2.27. The number of nitrogens with two attached hydrogens (primary N) is 1. The molecule has 13 nitrogen and oxygen atoms in total. The molecule has 0 radical (unpaired) electrons. The summed E-state index contributed by atoms with van der Waals surface area (Å²) >= 11 is 0. The van der Waals surface area contributed by atoms with Crippen LogP contribution in [0.1, 0.15) is 90.9 Å². The van der Waals surface area contributed by atoms with Gasteiger partial charge in [0, 0.05) is 13.0 Å². The van der Waals surface area contributed by atoms with E-state index in [-0.39, 0.29) is 18.5 Å². The van der Waals surface area contributed by atoms with E-state index in [1.54, 1.807) is 6.92 Å². The van der Waals surface area contributed by atoms with E-state index >= 15 is 0 Å². The number of carbonyl (C=O) groups is 4. The molecule has 3 unspecified atom stereocenters. The first-order valence-corrected chi connectivity index (χ1v) is 12.8. The molecule has 216 valence electrons. The molecule has 0 aromatic rings. The third kappa shape index (κ3) is 22.0. The highest BCUT2D eigenvalue weighted by Gasteiger charge is 2.29. The Hall–Kier alpha value is -2.93. The maximum atomic E-state index is 12.1. The summed E-state index contributed by atoms with van der Waals surface area (Å²) < 4.78 is 5.04. The SMILES string of the molecule is CCCCCCCCCCCC(=O)NC(CCCNC(=N)N)C(=O)OCC.O=C(O)C(O)C(O)C(=O)O. The smallest absolute Gasteiger partial charge is 0.335 e. The van der Waals surface area contributed by atoms with Crippen LogP contribution < -0.4 is 16.4 Å². The van der Waals surface area contributed by atoms with Crippen molar-refractivity contribution in [2.75, 3.05) is 13.2 Å². The average molecular weight is 535 g/mol. The fraction of sp³-hybridized carbons (Fsp3) is 0.792. The summed E-state index contributed by atoms with van der Waals surface area (Å²) in [7, 11) is 0. The molecule has 0 fully saturated rings. The largest absolute Gasteiger partial charge is 0.479 e. The molecule has 0 aromatic heterocycles. The van der Waals surface area contributed by atoms with Crippen molar-refractivity contribution in [2.24, 2.45) is 5.73 Å². The Kier molecular flexibility index (Phi) is 23.0. The Bertz CT molecular complexity index is 659. The number of nitrogens with one attached hydrogen (secondary N) is 3. The normalized spacial score (nSPS) is 12.8. The molecular formula is C24H46N4O9. The van der Waals surface area contributed by atoms with E-state index in [9.17, 15) is 19.2 Å². The summed E-state index contributed by atoms with van der Waals surface area (Å²) in [6.45, 7) is 4.74. The summed E-state index contributed by atoms with van der Waals surface area (Å²) in [5.74, 6) is -4.14.